The number of likely N-dealkylation sites (tertiary alicyclic amines) is 2. The van der Waals surface area contributed by atoms with Crippen LogP contribution in [0.15, 0.2) is 82.8 Å². The zero-order chi connectivity index (χ0) is 44.8. The summed E-state index contributed by atoms with van der Waals surface area (Å²) in [6.07, 6.45) is 1.82. The van der Waals surface area contributed by atoms with E-state index in [0.29, 0.717) is 86.6 Å². The Bertz CT molecular complexity index is 2170. The van der Waals surface area contributed by atoms with Crippen molar-refractivity contribution in [2.24, 2.45) is 10.9 Å². The first-order valence-corrected chi connectivity index (χ1v) is 22.0. The molecule has 15 nitrogen and oxygen atoms in total. The standard InChI is InChI=1S/C25H30N2O6S.C18H24N2O4.C2H5O.Na/c1-18-9-11-19(12-10-18)34(29,30)33-26-21-17-25(31-22-8-6-5-7-20(21)22)13-15-27(16-14-25)23(28)32-24(2,3)4;1-17(2,3)24-16(22)20-10-8-18(9-11-20)15(19)14(21)12-6-4-5-7-13(12)23-18;1-2-3;/h5-12H,13-17H2,1-4H3;4-7,15H,8-11,19H2,1-3H3;2H2,1H3;/q;;-1;+1/b26-21+;;;. The van der Waals surface area contributed by atoms with Gasteiger partial charge in [0.15, 0.2) is 5.78 Å². The van der Waals surface area contributed by atoms with Crippen LogP contribution in [0.1, 0.15) is 102 Å². The Morgan fingerprint density at radius 3 is 1.74 bits per heavy atom. The molecular formula is C45H59N4NaO11S. The number of oxime groups is 1. The van der Waals surface area contributed by atoms with E-state index in [9.17, 15) is 22.8 Å². The van der Waals surface area contributed by atoms with E-state index < -0.39 is 38.6 Å². The summed E-state index contributed by atoms with van der Waals surface area (Å²) in [5.41, 5.74) is 6.45. The summed E-state index contributed by atoms with van der Waals surface area (Å²) in [6.45, 7) is 16.3. The number of ketones is 1. The van der Waals surface area contributed by atoms with E-state index in [1.54, 1.807) is 47.1 Å². The normalized spacial score (nSPS) is 19.4. The molecule has 2 spiro atoms. The van der Waals surface area contributed by atoms with Crippen LogP contribution >= 0.6 is 0 Å². The number of ether oxygens (including phenoxy) is 4. The average Bonchev–Trinajstić information content (AvgIpc) is 3.19. The number of nitrogens with zero attached hydrogens (tertiary/aromatic N) is 3. The third-order valence-electron chi connectivity index (χ3n) is 10.5. The molecule has 1 atom stereocenters. The second-order valence-electron chi connectivity index (χ2n) is 17.6. The van der Waals surface area contributed by atoms with Crippen molar-refractivity contribution >= 4 is 33.8 Å². The van der Waals surface area contributed by atoms with Crippen LogP contribution in [0.2, 0.25) is 0 Å². The van der Waals surface area contributed by atoms with Crippen molar-refractivity contribution in [3.63, 3.8) is 0 Å². The number of hydrogen-bond donors (Lipinski definition) is 1. The van der Waals surface area contributed by atoms with Crippen LogP contribution in [0.5, 0.6) is 11.5 Å². The zero-order valence-electron chi connectivity index (χ0n) is 37.4. The molecule has 2 fully saturated rings. The van der Waals surface area contributed by atoms with Gasteiger partial charge in [0.05, 0.1) is 11.3 Å². The van der Waals surface area contributed by atoms with Gasteiger partial charge >= 0.3 is 51.9 Å². The second-order valence-corrected chi connectivity index (χ2v) is 19.1. The number of hydrogen-bond acceptors (Lipinski definition) is 13. The first kappa shape index (κ1) is 50.5. The molecule has 62 heavy (non-hydrogen) atoms. The van der Waals surface area contributed by atoms with Crippen LogP contribution in [0, 0.1) is 6.92 Å². The van der Waals surface area contributed by atoms with E-state index in [2.05, 4.69) is 5.16 Å². The van der Waals surface area contributed by atoms with Gasteiger partial charge < -0.3 is 39.6 Å². The molecule has 1 unspecified atom stereocenters. The van der Waals surface area contributed by atoms with Gasteiger partial charge in [-0.15, -0.1) is 6.61 Å². The van der Waals surface area contributed by atoms with E-state index in [1.807, 2.05) is 78.8 Å². The van der Waals surface area contributed by atoms with Crippen molar-refractivity contribution in [2.75, 3.05) is 32.8 Å². The third kappa shape index (κ3) is 12.7. The van der Waals surface area contributed by atoms with Crippen LogP contribution in [-0.4, -0.2) is 103 Å². The number of carbonyl (C=O) groups excluding carboxylic acids is 3. The second kappa shape index (κ2) is 20.5. The number of piperidine rings is 2. The van der Waals surface area contributed by atoms with Crippen molar-refractivity contribution in [3.05, 3.63) is 89.5 Å². The number of fused-ring (bicyclic) bond motifs is 2. The molecule has 0 aromatic heterocycles. The van der Waals surface area contributed by atoms with Crippen molar-refractivity contribution in [3.8, 4) is 11.5 Å². The van der Waals surface area contributed by atoms with Crippen LogP contribution in [0.4, 0.5) is 9.59 Å². The minimum absolute atomic E-state index is 0. The minimum atomic E-state index is -4.06. The maximum absolute atomic E-state index is 12.7. The van der Waals surface area contributed by atoms with Crippen LogP contribution < -0.4 is 49.9 Å². The number of amides is 2. The summed E-state index contributed by atoms with van der Waals surface area (Å²) in [4.78, 5) is 40.6. The van der Waals surface area contributed by atoms with Crippen LogP contribution in [0.3, 0.4) is 0 Å². The first-order chi connectivity index (χ1) is 28.6. The molecule has 3 aromatic carbocycles. The molecule has 3 aromatic rings. The Kier molecular flexibility index (Phi) is 16.7. The van der Waals surface area contributed by atoms with Gasteiger partial charge in [0.1, 0.15) is 44.8 Å². The summed E-state index contributed by atoms with van der Waals surface area (Å²) in [5.74, 6) is 1.10. The quantitative estimate of drug-likeness (QED) is 0.298. The Morgan fingerprint density at radius 1 is 0.790 bits per heavy atom. The van der Waals surface area contributed by atoms with Crippen LogP contribution in [0.25, 0.3) is 0 Å². The van der Waals surface area contributed by atoms with Gasteiger partial charge in [0.2, 0.25) is 0 Å². The predicted molar refractivity (Wildman–Crippen MR) is 227 cm³/mol. The summed E-state index contributed by atoms with van der Waals surface area (Å²) >= 11 is 0. The topological polar surface area (TPSA) is 199 Å². The van der Waals surface area contributed by atoms with Gasteiger partial charge in [0, 0.05) is 63.8 Å². The van der Waals surface area contributed by atoms with Gasteiger partial charge in [-0.05, 0) is 84.9 Å². The molecule has 4 heterocycles. The fraction of sp³-hybridized carbons (Fsp3) is 0.511. The molecule has 0 radical (unpaired) electrons. The molecule has 4 aliphatic heterocycles. The fourth-order valence-electron chi connectivity index (χ4n) is 7.34. The van der Waals surface area contributed by atoms with E-state index in [4.69, 9.17) is 34.1 Å². The molecule has 0 saturated carbocycles. The summed E-state index contributed by atoms with van der Waals surface area (Å²) in [7, 11) is -4.06. The Hall–Kier alpha value is -4.19. The molecule has 0 aliphatic carbocycles. The Morgan fingerprint density at radius 2 is 1.24 bits per heavy atom. The van der Waals surface area contributed by atoms with Crippen molar-refractivity contribution in [1.29, 1.82) is 0 Å². The first-order valence-electron chi connectivity index (χ1n) is 20.6. The van der Waals surface area contributed by atoms with Gasteiger partial charge in [-0.25, -0.2) is 9.59 Å². The molecule has 0 bridgehead atoms. The number of rotatable bonds is 3. The largest absolute Gasteiger partial charge is 1.00 e. The monoisotopic (exact) mass is 886 g/mol. The van der Waals surface area contributed by atoms with Crippen molar-refractivity contribution in [2.45, 2.75) is 121 Å². The van der Waals surface area contributed by atoms with E-state index in [0.717, 1.165) is 5.56 Å². The fourth-order valence-corrected chi connectivity index (χ4v) is 8.09. The summed E-state index contributed by atoms with van der Waals surface area (Å²) < 4.78 is 53.9. The molecule has 332 valence electrons. The molecule has 2 saturated heterocycles. The minimum Gasteiger partial charge on any atom is -0.855 e. The third-order valence-corrected chi connectivity index (χ3v) is 11.6. The van der Waals surface area contributed by atoms with E-state index in [1.165, 1.54) is 12.1 Å². The average molecular weight is 887 g/mol. The van der Waals surface area contributed by atoms with Crippen LogP contribution in [-0.2, 0) is 23.9 Å². The Balaban J connectivity index is 0.000000265. The summed E-state index contributed by atoms with van der Waals surface area (Å²) in [5, 5.41) is 13.0. The molecule has 2 amide bonds. The van der Waals surface area contributed by atoms with Gasteiger partial charge in [-0.1, -0.05) is 54.0 Å². The number of nitrogens with two attached hydrogens (primary N) is 1. The number of benzene rings is 3. The molecule has 7 rings (SSSR count). The van der Waals surface area contributed by atoms with Crippen molar-refractivity contribution in [1.82, 2.24) is 9.80 Å². The number of aryl methyl sites for hydroxylation is 1. The maximum atomic E-state index is 12.7. The number of Topliss-reactive ketones (excluding diaryl/α,β-unsaturated/α-hetero) is 1. The number of carbonyl (C=O) groups is 3. The molecule has 4 aliphatic rings. The maximum Gasteiger partial charge on any atom is 1.00 e. The van der Waals surface area contributed by atoms with Gasteiger partial charge in [-0.2, -0.15) is 8.42 Å². The molecule has 17 heteroatoms. The van der Waals surface area contributed by atoms with Crippen molar-refractivity contribution < 1.29 is 80.7 Å². The Labute approximate surface area is 387 Å². The zero-order valence-corrected chi connectivity index (χ0v) is 40.2. The molecular weight excluding hydrogens is 828 g/mol. The van der Waals surface area contributed by atoms with Gasteiger partial charge in [-0.3, -0.25) is 9.08 Å². The van der Waals surface area contributed by atoms with E-state index in [-0.39, 0.29) is 59.0 Å². The number of para-hydroxylation sites is 2. The smallest absolute Gasteiger partial charge is 0.855 e. The van der Waals surface area contributed by atoms with E-state index >= 15 is 0 Å². The predicted octanol–water partition coefficient (Wildman–Crippen LogP) is 3.39. The SMILES string of the molecule is CC(C)(C)OC(=O)N1CCC2(CC1)Oc1ccccc1C(=O)C2N.CC[O-].Cc1ccc(S(=O)(=O)O/N=C2\CC3(CCN(C(=O)OC(C)(C)C)CC3)Oc3ccccc32)cc1.[Na+]. The molecule has 2 N–H and O–H groups in total. The van der Waals surface area contributed by atoms with Gasteiger partial charge in [0.25, 0.3) is 0 Å². The summed E-state index contributed by atoms with van der Waals surface area (Å²) in [6, 6.07) is 20.2.